The number of fused-ring (bicyclic) bond motifs is 3. The van der Waals surface area contributed by atoms with Crippen LogP contribution in [0.25, 0.3) is 0 Å². The zero-order chi connectivity index (χ0) is 21.8. The molecule has 3 atom stereocenters. The van der Waals surface area contributed by atoms with E-state index < -0.39 is 23.5 Å². The number of likely N-dealkylation sites (tertiary alicyclic amines) is 1. The molecule has 1 saturated carbocycles. The van der Waals surface area contributed by atoms with Crippen molar-refractivity contribution in [2.75, 3.05) is 18.4 Å². The number of nitrogens with zero attached hydrogens (tertiary/aromatic N) is 5. The Labute approximate surface area is 176 Å². The summed E-state index contributed by atoms with van der Waals surface area (Å²) in [6, 6.07) is 2.89. The van der Waals surface area contributed by atoms with Crippen LogP contribution in [0.4, 0.5) is 23.5 Å². The maximum Gasteiger partial charge on any atom is 0.416 e. The highest BCUT2D eigenvalue weighted by molar-refractivity contribution is 5.36. The van der Waals surface area contributed by atoms with Gasteiger partial charge in [-0.15, -0.1) is 5.10 Å². The molecule has 10 heteroatoms. The van der Waals surface area contributed by atoms with Gasteiger partial charge in [-0.3, -0.25) is 0 Å². The van der Waals surface area contributed by atoms with Crippen LogP contribution in [0, 0.1) is 29.1 Å². The largest absolute Gasteiger partial charge is 0.416 e. The van der Waals surface area contributed by atoms with E-state index in [4.69, 9.17) is 0 Å². The van der Waals surface area contributed by atoms with Crippen LogP contribution in [0.3, 0.4) is 0 Å². The summed E-state index contributed by atoms with van der Waals surface area (Å²) in [7, 11) is 0. The quantitative estimate of drug-likeness (QED) is 0.585. The molecule has 3 aliphatic rings. The number of piperidine rings is 1. The zero-order valence-electron chi connectivity index (χ0n) is 16.7. The van der Waals surface area contributed by atoms with Crippen molar-refractivity contribution in [3.63, 3.8) is 0 Å². The van der Waals surface area contributed by atoms with Gasteiger partial charge in [-0.2, -0.15) is 23.4 Å². The minimum atomic E-state index is -4.58. The molecule has 1 saturated heterocycles. The van der Waals surface area contributed by atoms with Crippen LogP contribution in [0.2, 0.25) is 0 Å². The lowest BCUT2D eigenvalue weighted by atomic mass is 9.90. The summed E-state index contributed by atoms with van der Waals surface area (Å²) < 4.78 is 55.1. The van der Waals surface area contributed by atoms with Crippen molar-refractivity contribution < 1.29 is 17.6 Å². The Kier molecular flexibility index (Phi) is 4.79. The van der Waals surface area contributed by atoms with Crippen molar-refractivity contribution in [3.05, 3.63) is 41.0 Å². The van der Waals surface area contributed by atoms with E-state index in [0.717, 1.165) is 38.4 Å². The Bertz CT molecular complexity index is 1010. The second-order valence-electron chi connectivity index (χ2n) is 8.72. The molecule has 3 heterocycles. The predicted molar refractivity (Wildman–Crippen MR) is 103 cm³/mol. The van der Waals surface area contributed by atoms with Crippen LogP contribution >= 0.6 is 0 Å². The van der Waals surface area contributed by atoms with Crippen LogP contribution < -0.4 is 5.32 Å². The molecule has 164 valence electrons. The van der Waals surface area contributed by atoms with Gasteiger partial charge in [0.1, 0.15) is 11.6 Å². The van der Waals surface area contributed by atoms with Crippen molar-refractivity contribution >= 4 is 5.95 Å². The van der Waals surface area contributed by atoms with Crippen LogP contribution in [0.1, 0.15) is 48.6 Å². The summed E-state index contributed by atoms with van der Waals surface area (Å²) in [6.07, 6.45) is 1.10. The van der Waals surface area contributed by atoms with Crippen molar-refractivity contribution in [2.45, 2.75) is 50.4 Å². The van der Waals surface area contributed by atoms with E-state index in [1.807, 2.05) is 0 Å². The monoisotopic (exact) mass is 434 g/mol. The fourth-order valence-corrected chi connectivity index (χ4v) is 5.38. The predicted octanol–water partition coefficient (Wildman–Crippen LogP) is 3.97. The van der Waals surface area contributed by atoms with E-state index in [-0.39, 0.29) is 11.6 Å². The topological polar surface area (TPSA) is 69.8 Å². The summed E-state index contributed by atoms with van der Waals surface area (Å²) >= 11 is 0. The molecule has 6 nitrogen and oxygen atoms in total. The second-order valence-corrected chi connectivity index (χ2v) is 8.72. The van der Waals surface area contributed by atoms with E-state index in [0.29, 0.717) is 42.6 Å². The molecule has 3 unspecified atom stereocenters. The Morgan fingerprint density at radius 2 is 1.87 bits per heavy atom. The molecular formula is C21H22F4N6. The molecule has 0 radical (unpaired) electrons. The van der Waals surface area contributed by atoms with Gasteiger partial charge in [-0.1, -0.05) is 6.07 Å². The number of aryl methyl sites for hydroxylation is 1. The van der Waals surface area contributed by atoms with Gasteiger partial charge in [0.05, 0.1) is 5.56 Å². The third kappa shape index (κ3) is 3.60. The summed E-state index contributed by atoms with van der Waals surface area (Å²) in [5, 5.41) is 17.2. The van der Waals surface area contributed by atoms with Gasteiger partial charge in [0, 0.05) is 31.6 Å². The standard InChI is InChI=1S/C21H22F4N6/c22-17-8-14(21(23,24)25)5-6-15(17)16-2-1-7-31-19(16)28-20(29-31)27-18-12-3-4-13(18)10-30(9-12)11-26/h5-6,8,12-13,16,18H,1-4,7,9-10H2,(H,27,29). The summed E-state index contributed by atoms with van der Waals surface area (Å²) in [6.45, 7) is 2.08. The fourth-order valence-electron chi connectivity index (χ4n) is 5.38. The Morgan fingerprint density at radius 3 is 2.52 bits per heavy atom. The van der Waals surface area contributed by atoms with Crippen LogP contribution in [0.15, 0.2) is 18.2 Å². The molecule has 1 aromatic heterocycles. The van der Waals surface area contributed by atoms with Crippen molar-refractivity contribution in [1.29, 1.82) is 5.26 Å². The average molecular weight is 434 g/mol. The number of hydrogen-bond donors (Lipinski definition) is 1. The van der Waals surface area contributed by atoms with Crippen molar-refractivity contribution in [2.24, 2.45) is 11.8 Å². The minimum Gasteiger partial charge on any atom is -0.350 e. The van der Waals surface area contributed by atoms with E-state index in [1.165, 1.54) is 6.07 Å². The number of hydrogen-bond acceptors (Lipinski definition) is 5. The highest BCUT2D eigenvalue weighted by atomic mass is 19.4. The van der Waals surface area contributed by atoms with Gasteiger partial charge in [-0.25, -0.2) is 9.07 Å². The Hall–Kier alpha value is -2.83. The number of nitriles is 1. The smallest absolute Gasteiger partial charge is 0.350 e. The lowest BCUT2D eigenvalue weighted by molar-refractivity contribution is -0.137. The SMILES string of the molecule is N#CN1CC2CCC(C1)C2Nc1nc2n(n1)CCCC2c1ccc(C(F)(F)F)cc1F. The summed E-state index contributed by atoms with van der Waals surface area (Å²) in [5.74, 6) is 0.448. The first-order valence-electron chi connectivity index (χ1n) is 10.6. The zero-order valence-corrected chi connectivity index (χ0v) is 16.7. The van der Waals surface area contributed by atoms with Gasteiger partial charge in [0.15, 0.2) is 6.19 Å². The van der Waals surface area contributed by atoms with Gasteiger partial charge in [0.2, 0.25) is 5.95 Å². The number of alkyl halides is 3. The highest BCUT2D eigenvalue weighted by Gasteiger charge is 2.42. The van der Waals surface area contributed by atoms with E-state index >= 15 is 0 Å². The van der Waals surface area contributed by atoms with Gasteiger partial charge >= 0.3 is 6.18 Å². The van der Waals surface area contributed by atoms with Crippen LogP contribution in [-0.4, -0.2) is 38.8 Å². The molecule has 2 fully saturated rings. The molecule has 0 spiro atoms. The molecule has 1 N–H and O–H groups in total. The van der Waals surface area contributed by atoms with Crippen LogP contribution in [-0.2, 0) is 12.7 Å². The average Bonchev–Trinajstić information content (AvgIpc) is 3.23. The maximum absolute atomic E-state index is 14.6. The second kappa shape index (κ2) is 7.39. The van der Waals surface area contributed by atoms with Crippen molar-refractivity contribution in [3.8, 4) is 6.19 Å². The first kappa shape index (κ1) is 20.1. The van der Waals surface area contributed by atoms with E-state index in [2.05, 4.69) is 21.6 Å². The number of nitrogens with one attached hydrogen (secondary N) is 1. The minimum absolute atomic E-state index is 0.190. The lowest BCUT2D eigenvalue weighted by Gasteiger charge is -2.35. The summed E-state index contributed by atoms with van der Waals surface area (Å²) in [5.41, 5.74) is -0.775. The molecule has 2 aliphatic heterocycles. The van der Waals surface area contributed by atoms with Gasteiger partial charge in [-0.05, 0) is 55.2 Å². The van der Waals surface area contributed by atoms with Crippen LogP contribution in [0.5, 0.6) is 0 Å². The van der Waals surface area contributed by atoms with E-state index in [9.17, 15) is 22.8 Å². The molecule has 2 aromatic rings. The van der Waals surface area contributed by atoms with Gasteiger partial charge in [0.25, 0.3) is 0 Å². The third-order valence-electron chi connectivity index (χ3n) is 6.85. The molecule has 31 heavy (non-hydrogen) atoms. The number of halogens is 4. The summed E-state index contributed by atoms with van der Waals surface area (Å²) in [4.78, 5) is 6.43. The number of benzene rings is 1. The molecule has 1 aromatic carbocycles. The number of rotatable bonds is 3. The Morgan fingerprint density at radius 1 is 1.13 bits per heavy atom. The molecule has 2 bridgehead atoms. The Balaban J connectivity index is 1.39. The van der Waals surface area contributed by atoms with Gasteiger partial charge < -0.3 is 10.2 Å². The third-order valence-corrected chi connectivity index (χ3v) is 6.85. The number of anilines is 1. The number of aromatic nitrogens is 3. The highest BCUT2D eigenvalue weighted by Crippen LogP contribution is 2.40. The normalized spacial score (nSPS) is 27.6. The first-order valence-corrected chi connectivity index (χ1v) is 10.6. The van der Waals surface area contributed by atoms with Crippen molar-refractivity contribution in [1.82, 2.24) is 19.7 Å². The lowest BCUT2D eigenvalue weighted by Crippen LogP contribution is -2.46. The molecule has 0 amide bonds. The van der Waals surface area contributed by atoms with E-state index in [1.54, 1.807) is 9.58 Å². The fraction of sp³-hybridized carbons (Fsp3) is 0.571. The molecular weight excluding hydrogens is 412 g/mol. The molecule has 1 aliphatic carbocycles. The maximum atomic E-state index is 14.6. The molecule has 5 rings (SSSR count). The first-order chi connectivity index (χ1) is 14.8.